The number of carbonyl (C=O) groups excluding carboxylic acids is 1. The number of halogens is 1. The summed E-state index contributed by atoms with van der Waals surface area (Å²) in [6, 6.07) is 21.1. The maximum Gasteiger partial charge on any atom is 0.260 e. The minimum absolute atomic E-state index is 0.146. The molecule has 0 spiro atoms. The number of benzene rings is 2. The van der Waals surface area contributed by atoms with Gasteiger partial charge in [0.15, 0.2) is 0 Å². The first kappa shape index (κ1) is 15.3. The van der Waals surface area contributed by atoms with Crippen LogP contribution in [0.2, 0.25) is 5.02 Å². The zero-order valence-corrected chi connectivity index (χ0v) is 13.1. The normalized spacial score (nSPS) is 10.3. The molecule has 3 rings (SSSR count). The Morgan fingerprint density at radius 1 is 0.957 bits per heavy atom. The number of hydrogen-bond donors (Lipinski definition) is 0. The van der Waals surface area contributed by atoms with E-state index in [9.17, 15) is 4.79 Å². The summed E-state index contributed by atoms with van der Waals surface area (Å²) < 4.78 is 0. The number of para-hydroxylation sites is 1. The second kappa shape index (κ2) is 7.07. The third kappa shape index (κ3) is 3.58. The molecule has 0 N–H and O–H groups in total. The predicted octanol–water partition coefficient (Wildman–Crippen LogP) is 4.58. The number of aromatic nitrogens is 1. The molecular weight excluding hydrogens is 308 g/mol. The average Bonchev–Trinajstić information content (AvgIpc) is 2.61. The Bertz CT molecular complexity index is 791. The summed E-state index contributed by atoms with van der Waals surface area (Å²) >= 11 is 6.14. The third-order valence-corrected chi connectivity index (χ3v) is 3.80. The Balaban J connectivity index is 1.98. The standard InChI is InChI=1S/C19H15ClN2O/c20-18-13-21-12-11-17(18)19(23)22(16-9-5-2-6-10-16)14-15-7-3-1-4-8-15/h1-13H,14H2. The number of rotatable bonds is 4. The molecule has 114 valence electrons. The molecular formula is C19H15ClN2O. The first-order valence-electron chi connectivity index (χ1n) is 7.26. The SMILES string of the molecule is O=C(c1ccncc1Cl)N(Cc1ccccc1)c1ccccc1. The molecule has 0 saturated heterocycles. The lowest BCUT2D eigenvalue weighted by atomic mass is 10.1. The molecule has 0 aliphatic rings. The third-order valence-electron chi connectivity index (χ3n) is 3.50. The van der Waals surface area contributed by atoms with E-state index in [-0.39, 0.29) is 5.91 Å². The van der Waals surface area contributed by atoms with Crippen molar-refractivity contribution in [1.29, 1.82) is 0 Å². The summed E-state index contributed by atoms with van der Waals surface area (Å²) in [4.78, 5) is 18.6. The lowest BCUT2D eigenvalue weighted by molar-refractivity contribution is 0.0985. The van der Waals surface area contributed by atoms with E-state index < -0.39 is 0 Å². The van der Waals surface area contributed by atoms with Crippen molar-refractivity contribution in [2.45, 2.75) is 6.54 Å². The summed E-state index contributed by atoms with van der Waals surface area (Å²) in [5.74, 6) is -0.146. The lowest BCUT2D eigenvalue weighted by Gasteiger charge is -2.23. The van der Waals surface area contributed by atoms with Crippen molar-refractivity contribution in [3.05, 3.63) is 95.3 Å². The topological polar surface area (TPSA) is 33.2 Å². The van der Waals surface area contributed by atoms with Crippen LogP contribution in [0.1, 0.15) is 15.9 Å². The zero-order valence-electron chi connectivity index (χ0n) is 12.4. The predicted molar refractivity (Wildman–Crippen MR) is 92.6 cm³/mol. The van der Waals surface area contributed by atoms with Gasteiger partial charge in [-0.15, -0.1) is 0 Å². The number of pyridine rings is 1. The second-order valence-electron chi connectivity index (χ2n) is 5.07. The number of carbonyl (C=O) groups is 1. The van der Waals surface area contributed by atoms with Crippen LogP contribution in [0.25, 0.3) is 0 Å². The molecule has 0 atom stereocenters. The average molecular weight is 323 g/mol. The number of nitrogens with zero attached hydrogens (tertiary/aromatic N) is 2. The van der Waals surface area contributed by atoms with Crippen LogP contribution in [-0.4, -0.2) is 10.9 Å². The van der Waals surface area contributed by atoms with Crippen LogP contribution >= 0.6 is 11.6 Å². The Labute approximate surface area is 140 Å². The van der Waals surface area contributed by atoms with Gasteiger partial charge in [0.1, 0.15) is 0 Å². The van der Waals surface area contributed by atoms with Crippen LogP contribution in [0.5, 0.6) is 0 Å². The fourth-order valence-electron chi connectivity index (χ4n) is 2.35. The van der Waals surface area contributed by atoms with Gasteiger partial charge in [0.2, 0.25) is 0 Å². The van der Waals surface area contributed by atoms with Gasteiger partial charge in [-0.2, -0.15) is 0 Å². The van der Waals surface area contributed by atoms with Gasteiger partial charge in [0, 0.05) is 18.1 Å². The zero-order chi connectivity index (χ0) is 16.1. The van der Waals surface area contributed by atoms with E-state index >= 15 is 0 Å². The van der Waals surface area contributed by atoms with Crippen molar-refractivity contribution < 1.29 is 4.79 Å². The molecule has 3 nitrogen and oxygen atoms in total. The van der Waals surface area contributed by atoms with Crippen molar-refractivity contribution >= 4 is 23.2 Å². The largest absolute Gasteiger partial charge is 0.304 e. The van der Waals surface area contributed by atoms with Gasteiger partial charge < -0.3 is 4.90 Å². The number of anilines is 1. The Kier molecular flexibility index (Phi) is 4.69. The molecule has 0 fully saturated rings. The molecule has 0 radical (unpaired) electrons. The highest BCUT2D eigenvalue weighted by Crippen LogP contribution is 2.23. The van der Waals surface area contributed by atoms with Crippen molar-refractivity contribution in [2.24, 2.45) is 0 Å². The summed E-state index contributed by atoms with van der Waals surface area (Å²) in [7, 11) is 0. The highest BCUT2D eigenvalue weighted by molar-refractivity contribution is 6.34. The van der Waals surface area contributed by atoms with Crippen LogP contribution in [0.15, 0.2) is 79.1 Å². The van der Waals surface area contributed by atoms with Gasteiger partial charge in [-0.05, 0) is 23.8 Å². The molecule has 2 aromatic carbocycles. The molecule has 0 saturated carbocycles. The van der Waals surface area contributed by atoms with E-state index in [2.05, 4.69) is 4.98 Å². The van der Waals surface area contributed by atoms with Gasteiger partial charge in [0.25, 0.3) is 5.91 Å². The van der Waals surface area contributed by atoms with Gasteiger partial charge in [0.05, 0.1) is 17.1 Å². The minimum atomic E-state index is -0.146. The lowest BCUT2D eigenvalue weighted by Crippen LogP contribution is -2.30. The Morgan fingerprint density at radius 3 is 2.26 bits per heavy atom. The summed E-state index contributed by atoms with van der Waals surface area (Å²) in [5.41, 5.74) is 2.32. The molecule has 0 aliphatic heterocycles. The molecule has 0 aliphatic carbocycles. The second-order valence-corrected chi connectivity index (χ2v) is 5.48. The van der Waals surface area contributed by atoms with Gasteiger partial charge >= 0.3 is 0 Å². The smallest absolute Gasteiger partial charge is 0.260 e. The van der Waals surface area contributed by atoms with E-state index in [1.807, 2.05) is 60.7 Å². The monoisotopic (exact) mass is 322 g/mol. The van der Waals surface area contributed by atoms with Gasteiger partial charge in [-0.3, -0.25) is 9.78 Å². The maximum atomic E-state index is 13.0. The maximum absolute atomic E-state index is 13.0. The van der Waals surface area contributed by atoms with Crippen molar-refractivity contribution in [2.75, 3.05) is 4.90 Å². The summed E-state index contributed by atoms with van der Waals surface area (Å²) in [6.07, 6.45) is 3.06. The molecule has 23 heavy (non-hydrogen) atoms. The van der Waals surface area contributed by atoms with E-state index in [1.165, 1.54) is 6.20 Å². The van der Waals surface area contributed by atoms with Crippen molar-refractivity contribution in [3.63, 3.8) is 0 Å². The Morgan fingerprint density at radius 2 is 1.61 bits per heavy atom. The van der Waals surface area contributed by atoms with Crippen molar-refractivity contribution in [3.8, 4) is 0 Å². The molecule has 3 aromatic rings. The van der Waals surface area contributed by atoms with Gasteiger partial charge in [-0.25, -0.2) is 0 Å². The fraction of sp³-hybridized carbons (Fsp3) is 0.0526. The molecule has 1 amide bonds. The van der Waals surface area contributed by atoms with Crippen LogP contribution in [-0.2, 0) is 6.54 Å². The molecule has 4 heteroatoms. The summed E-state index contributed by atoms with van der Waals surface area (Å²) in [5, 5.41) is 0.353. The van der Waals surface area contributed by atoms with Crippen LogP contribution in [0, 0.1) is 0 Å². The highest BCUT2D eigenvalue weighted by atomic mass is 35.5. The van der Waals surface area contributed by atoms with E-state index in [4.69, 9.17) is 11.6 Å². The summed E-state index contributed by atoms with van der Waals surface area (Å²) in [6.45, 7) is 0.475. The number of amides is 1. The first-order chi connectivity index (χ1) is 11.3. The molecule has 1 aromatic heterocycles. The van der Waals surface area contributed by atoms with Crippen molar-refractivity contribution in [1.82, 2.24) is 4.98 Å². The quantitative estimate of drug-likeness (QED) is 0.704. The molecule has 0 bridgehead atoms. The van der Waals surface area contributed by atoms with E-state index in [0.29, 0.717) is 17.1 Å². The van der Waals surface area contributed by atoms with E-state index in [1.54, 1.807) is 17.2 Å². The first-order valence-corrected chi connectivity index (χ1v) is 7.64. The van der Waals surface area contributed by atoms with Gasteiger partial charge in [-0.1, -0.05) is 60.1 Å². The van der Waals surface area contributed by atoms with Crippen LogP contribution < -0.4 is 4.90 Å². The Hall–Kier alpha value is -2.65. The van der Waals surface area contributed by atoms with Crippen LogP contribution in [0.4, 0.5) is 5.69 Å². The van der Waals surface area contributed by atoms with E-state index in [0.717, 1.165) is 11.3 Å². The minimum Gasteiger partial charge on any atom is -0.304 e. The highest BCUT2D eigenvalue weighted by Gasteiger charge is 2.20. The number of hydrogen-bond acceptors (Lipinski definition) is 2. The molecule has 0 unspecified atom stereocenters. The van der Waals surface area contributed by atoms with Crippen LogP contribution in [0.3, 0.4) is 0 Å². The fourth-order valence-corrected chi connectivity index (χ4v) is 2.55. The molecule has 1 heterocycles.